The van der Waals surface area contributed by atoms with E-state index in [4.69, 9.17) is 9.47 Å². The Morgan fingerprint density at radius 1 is 1.26 bits per heavy atom. The van der Waals surface area contributed by atoms with Crippen molar-refractivity contribution < 1.29 is 19.1 Å². The van der Waals surface area contributed by atoms with Gasteiger partial charge in [-0.2, -0.15) is 0 Å². The summed E-state index contributed by atoms with van der Waals surface area (Å²) in [6, 6.07) is 9.32. The fourth-order valence-corrected chi connectivity index (χ4v) is 3.49. The summed E-state index contributed by atoms with van der Waals surface area (Å²) in [7, 11) is 0. The van der Waals surface area contributed by atoms with Crippen molar-refractivity contribution in [2.24, 2.45) is 0 Å². The van der Waals surface area contributed by atoms with Crippen LogP contribution in [0.25, 0.3) is 0 Å². The lowest BCUT2D eigenvalue weighted by Crippen LogP contribution is -2.53. The fourth-order valence-electron chi connectivity index (χ4n) is 3.49. The Morgan fingerprint density at radius 2 is 2.11 bits per heavy atom. The highest BCUT2D eigenvalue weighted by molar-refractivity contribution is 5.94. The zero-order valence-corrected chi connectivity index (χ0v) is 15.1. The van der Waals surface area contributed by atoms with E-state index in [-0.39, 0.29) is 18.6 Å². The number of rotatable bonds is 5. The summed E-state index contributed by atoms with van der Waals surface area (Å²) in [5, 5.41) is 2.94. The van der Waals surface area contributed by atoms with Gasteiger partial charge in [-0.1, -0.05) is 12.1 Å². The monoisotopic (exact) mass is 367 g/mol. The second kappa shape index (κ2) is 6.90. The van der Waals surface area contributed by atoms with Crippen LogP contribution in [0.5, 0.6) is 11.5 Å². The Hall–Kier alpha value is -3.09. The van der Waals surface area contributed by atoms with E-state index in [2.05, 4.69) is 10.3 Å². The van der Waals surface area contributed by atoms with Crippen LogP contribution in [0, 0.1) is 0 Å². The molecule has 7 nitrogen and oxygen atoms in total. The van der Waals surface area contributed by atoms with Gasteiger partial charge in [-0.05, 0) is 42.7 Å². The minimum Gasteiger partial charge on any atom is -0.454 e. The Morgan fingerprint density at radius 3 is 2.93 bits per heavy atom. The van der Waals surface area contributed by atoms with Crippen molar-refractivity contribution in [1.29, 1.82) is 0 Å². The maximum Gasteiger partial charge on any atom is 0.245 e. The maximum absolute atomic E-state index is 12.9. The quantitative estimate of drug-likeness (QED) is 0.874. The smallest absolute Gasteiger partial charge is 0.245 e. The summed E-state index contributed by atoms with van der Waals surface area (Å²) < 4.78 is 10.7. The molecule has 2 aliphatic heterocycles. The molecular weight excluding hydrogens is 346 g/mol. The zero-order chi connectivity index (χ0) is 18.9. The van der Waals surface area contributed by atoms with E-state index < -0.39 is 5.54 Å². The predicted octanol–water partition coefficient (Wildman–Crippen LogP) is 2.01. The van der Waals surface area contributed by atoms with Crippen molar-refractivity contribution in [2.45, 2.75) is 38.4 Å². The zero-order valence-electron chi connectivity index (χ0n) is 15.1. The van der Waals surface area contributed by atoms with Crippen LogP contribution in [0.1, 0.15) is 30.9 Å². The third-order valence-electron chi connectivity index (χ3n) is 5.17. The first-order valence-corrected chi connectivity index (χ1v) is 8.92. The number of likely N-dealkylation sites (tertiary alicyclic amines) is 1. The van der Waals surface area contributed by atoms with Gasteiger partial charge in [0.15, 0.2) is 11.5 Å². The van der Waals surface area contributed by atoms with Crippen molar-refractivity contribution in [2.75, 3.05) is 6.79 Å². The van der Waals surface area contributed by atoms with Crippen LogP contribution >= 0.6 is 0 Å². The lowest BCUT2D eigenvalue weighted by Gasteiger charge is -2.34. The number of benzene rings is 1. The number of carbonyl (C=O) groups excluding carboxylic acids is 2. The molecule has 27 heavy (non-hydrogen) atoms. The highest BCUT2D eigenvalue weighted by Gasteiger charge is 2.47. The van der Waals surface area contributed by atoms with Crippen molar-refractivity contribution in [1.82, 2.24) is 15.2 Å². The molecule has 1 aromatic carbocycles. The molecule has 2 aromatic rings. The van der Waals surface area contributed by atoms with E-state index in [1.165, 1.54) is 0 Å². The van der Waals surface area contributed by atoms with Crippen LogP contribution in [0.4, 0.5) is 0 Å². The summed E-state index contributed by atoms with van der Waals surface area (Å²) in [6.07, 6.45) is 4.26. The van der Waals surface area contributed by atoms with Gasteiger partial charge in [-0.15, -0.1) is 0 Å². The molecule has 1 atom stereocenters. The predicted molar refractivity (Wildman–Crippen MR) is 96.8 cm³/mol. The van der Waals surface area contributed by atoms with E-state index in [0.717, 1.165) is 11.1 Å². The number of ether oxygens (including phenoxy) is 2. The standard InChI is InChI=1S/C20H21N3O4/c1-20(19(25)22-11-15-3-2-8-21-10-15)7-6-18(24)23(20)12-14-4-5-16-17(9-14)27-13-26-16/h2-5,8-10H,6-7,11-13H2,1H3,(H,22,25). The number of fused-ring (bicyclic) bond motifs is 1. The molecule has 0 spiro atoms. The molecule has 1 unspecified atom stereocenters. The van der Waals surface area contributed by atoms with Crippen molar-refractivity contribution in [3.8, 4) is 11.5 Å². The summed E-state index contributed by atoms with van der Waals surface area (Å²) >= 11 is 0. The first-order valence-electron chi connectivity index (χ1n) is 8.92. The van der Waals surface area contributed by atoms with Crippen LogP contribution in [0.15, 0.2) is 42.7 Å². The molecule has 3 heterocycles. The highest BCUT2D eigenvalue weighted by atomic mass is 16.7. The summed E-state index contributed by atoms with van der Waals surface area (Å²) in [5.74, 6) is 1.19. The second-order valence-electron chi connectivity index (χ2n) is 6.99. The Balaban J connectivity index is 1.48. The number of carbonyl (C=O) groups is 2. The molecule has 1 fully saturated rings. The van der Waals surface area contributed by atoms with Gasteiger partial charge in [0, 0.05) is 31.9 Å². The van der Waals surface area contributed by atoms with Crippen LogP contribution in [-0.2, 0) is 22.7 Å². The van der Waals surface area contributed by atoms with E-state index in [9.17, 15) is 9.59 Å². The molecule has 140 valence electrons. The summed E-state index contributed by atoms with van der Waals surface area (Å²) in [4.78, 5) is 31.1. The maximum atomic E-state index is 12.9. The number of hydrogen-bond acceptors (Lipinski definition) is 5. The third kappa shape index (κ3) is 3.32. The molecule has 1 N–H and O–H groups in total. The molecule has 2 amide bonds. The SMILES string of the molecule is CC1(C(=O)NCc2cccnc2)CCC(=O)N1Cc1ccc2c(c1)OCO2. The fraction of sp³-hybridized carbons (Fsp3) is 0.350. The van der Waals surface area contributed by atoms with Gasteiger partial charge in [0.1, 0.15) is 5.54 Å². The van der Waals surface area contributed by atoms with E-state index in [1.807, 2.05) is 37.3 Å². The lowest BCUT2D eigenvalue weighted by atomic mass is 9.97. The van der Waals surface area contributed by atoms with Crippen LogP contribution in [0.2, 0.25) is 0 Å². The van der Waals surface area contributed by atoms with Gasteiger partial charge in [0.05, 0.1) is 0 Å². The average Bonchev–Trinajstić information content (AvgIpc) is 3.27. The van der Waals surface area contributed by atoms with Gasteiger partial charge >= 0.3 is 0 Å². The molecule has 0 bridgehead atoms. The van der Waals surface area contributed by atoms with Crippen molar-refractivity contribution in [3.05, 3.63) is 53.9 Å². The molecule has 4 rings (SSSR count). The topological polar surface area (TPSA) is 80.8 Å². The van der Waals surface area contributed by atoms with Crippen LogP contribution in [0.3, 0.4) is 0 Å². The molecule has 2 aliphatic rings. The first kappa shape index (κ1) is 17.3. The summed E-state index contributed by atoms with van der Waals surface area (Å²) in [6.45, 7) is 2.76. The third-order valence-corrected chi connectivity index (χ3v) is 5.17. The first-order chi connectivity index (χ1) is 13.1. The average molecular weight is 367 g/mol. The Bertz CT molecular complexity index is 871. The molecule has 0 radical (unpaired) electrons. The minimum atomic E-state index is -0.879. The van der Waals surface area contributed by atoms with Gasteiger partial charge in [-0.25, -0.2) is 0 Å². The van der Waals surface area contributed by atoms with Gasteiger partial charge in [-0.3, -0.25) is 14.6 Å². The molecule has 0 aliphatic carbocycles. The summed E-state index contributed by atoms with van der Waals surface area (Å²) in [5.41, 5.74) is 0.942. The Labute approximate surface area is 157 Å². The van der Waals surface area contributed by atoms with Crippen molar-refractivity contribution >= 4 is 11.8 Å². The largest absolute Gasteiger partial charge is 0.454 e. The molecule has 7 heteroatoms. The van der Waals surface area contributed by atoms with Crippen molar-refractivity contribution in [3.63, 3.8) is 0 Å². The molecule has 1 aromatic heterocycles. The highest BCUT2D eigenvalue weighted by Crippen LogP contribution is 2.36. The van der Waals surface area contributed by atoms with Crippen LogP contribution < -0.4 is 14.8 Å². The minimum absolute atomic E-state index is 0.0216. The number of hydrogen-bond donors (Lipinski definition) is 1. The normalized spacial score (nSPS) is 20.8. The molecule has 1 saturated heterocycles. The van der Waals surface area contributed by atoms with E-state index >= 15 is 0 Å². The lowest BCUT2D eigenvalue weighted by molar-refractivity contribution is -0.141. The van der Waals surface area contributed by atoms with E-state index in [0.29, 0.717) is 37.4 Å². The number of nitrogens with zero attached hydrogens (tertiary/aromatic N) is 2. The molecule has 0 saturated carbocycles. The number of nitrogens with one attached hydrogen (secondary N) is 1. The van der Waals surface area contributed by atoms with Gasteiger partial charge in [0.25, 0.3) is 0 Å². The number of aromatic nitrogens is 1. The second-order valence-corrected chi connectivity index (χ2v) is 6.99. The van der Waals surface area contributed by atoms with Gasteiger partial charge < -0.3 is 19.7 Å². The van der Waals surface area contributed by atoms with Crippen LogP contribution in [-0.4, -0.2) is 34.0 Å². The number of pyridine rings is 1. The Kier molecular flexibility index (Phi) is 4.43. The number of amides is 2. The van der Waals surface area contributed by atoms with E-state index in [1.54, 1.807) is 17.3 Å². The molecular formula is C20H21N3O4. The van der Waals surface area contributed by atoms with Gasteiger partial charge in [0.2, 0.25) is 18.6 Å².